The van der Waals surface area contributed by atoms with Crippen molar-refractivity contribution in [3.05, 3.63) is 69.7 Å². The van der Waals surface area contributed by atoms with E-state index in [2.05, 4.69) is 5.32 Å². The van der Waals surface area contributed by atoms with Crippen LogP contribution in [0.3, 0.4) is 0 Å². The summed E-state index contributed by atoms with van der Waals surface area (Å²) in [5.74, 6) is -0.267. The van der Waals surface area contributed by atoms with Gasteiger partial charge in [0.1, 0.15) is 6.04 Å². The molecule has 0 spiro atoms. The lowest BCUT2D eigenvalue weighted by Crippen LogP contribution is -2.53. The molecule has 2 aromatic rings. The van der Waals surface area contributed by atoms with Gasteiger partial charge < -0.3 is 10.2 Å². The van der Waals surface area contributed by atoms with E-state index in [1.807, 2.05) is 52.0 Å². The Bertz CT molecular complexity index is 827. The number of rotatable bonds is 7. The number of nitrogens with zero attached hydrogens (tertiary/aromatic N) is 1. The lowest BCUT2D eigenvalue weighted by molar-refractivity contribution is -0.141. The highest BCUT2D eigenvalue weighted by Gasteiger charge is 2.30. The third-order valence-electron chi connectivity index (χ3n) is 4.42. The maximum Gasteiger partial charge on any atom is 0.243 e. The second-order valence-electron chi connectivity index (χ2n) is 8.11. The zero-order valence-electron chi connectivity index (χ0n) is 17.3. The summed E-state index contributed by atoms with van der Waals surface area (Å²) in [5.41, 5.74) is 1.39. The van der Waals surface area contributed by atoms with Gasteiger partial charge in [0.25, 0.3) is 0 Å². The third-order valence-corrected chi connectivity index (χ3v) is 4.92. The van der Waals surface area contributed by atoms with Crippen LogP contribution in [0.25, 0.3) is 0 Å². The molecule has 0 radical (unpaired) electrons. The Morgan fingerprint density at radius 3 is 1.86 bits per heavy atom. The van der Waals surface area contributed by atoms with Gasteiger partial charge in [0, 0.05) is 22.1 Å². The fraction of sp³-hybridized carbons (Fsp3) is 0.391. The second kappa shape index (κ2) is 10.1. The molecule has 1 atom stereocenters. The Balaban J connectivity index is 2.29. The number of amides is 2. The molecular weight excluding hydrogens is 407 g/mol. The van der Waals surface area contributed by atoms with Gasteiger partial charge in [-0.3, -0.25) is 9.59 Å². The van der Waals surface area contributed by atoms with Crippen molar-refractivity contribution >= 4 is 35.0 Å². The number of carbonyl (C=O) groups excluding carboxylic acids is 2. The van der Waals surface area contributed by atoms with Gasteiger partial charge in [-0.05, 0) is 62.6 Å². The first-order valence-corrected chi connectivity index (χ1v) is 10.4. The van der Waals surface area contributed by atoms with Crippen LogP contribution < -0.4 is 5.32 Å². The zero-order valence-corrected chi connectivity index (χ0v) is 18.8. The highest BCUT2D eigenvalue weighted by atomic mass is 35.5. The van der Waals surface area contributed by atoms with Crippen molar-refractivity contribution in [2.75, 3.05) is 0 Å². The van der Waals surface area contributed by atoms with Gasteiger partial charge in [-0.1, -0.05) is 54.4 Å². The molecule has 0 aliphatic heterocycles. The van der Waals surface area contributed by atoms with Crippen molar-refractivity contribution in [1.29, 1.82) is 0 Å². The summed E-state index contributed by atoms with van der Waals surface area (Å²) in [6.07, 6.45) is 0.714. The van der Waals surface area contributed by atoms with Crippen molar-refractivity contribution in [2.45, 2.75) is 58.7 Å². The van der Waals surface area contributed by atoms with Crippen molar-refractivity contribution in [3.63, 3.8) is 0 Å². The summed E-state index contributed by atoms with van der Waals surface area (Å²) in [6.45, 7) is 8.03. The Hall–Kier alpha value is -2.04. The summed E-state index contributed by atoms with van der Waals surface area (Å²) < 4.78 is 0. The van der Waals surface area contributed by atoms with Gasteiger partial charge in [0.2, 0.25) is 11.8 Å². The Kier molecular flexibility index (Phi) is 8.12. The minimum absolute atomic E-state index is 0.113. The molecule has 2 rings (SSSR count). The van der Waals surface area contributed by atoms with E-state index in [9.17, 15) is 9.59 Å². The Morgan fingerprint density at radius 2 is 1.41 bits per heavy atom. The molecule has 2 aromatic carbocycles. The molecule has 0 aromatic heterocycles. The first-order chi connectivity index (χ1) is 13.6. The molecule has 0 bridgehead atoms. The molecule has 0 heterocycles. The molecule has 29 heavy (non-hydrogen) atoms. The van der Waals surface area contributed by atoms with Crippen LogP contribution in [0.15, 0.2) is 48.5 Å². The minimum Gasteiger partial charge on any atom is -0.350 e. The van der Waals surface area contributed by atoms with Gasteiger partial charge >= 0.3 is 0 Å². The molecule has 2 amide bonds. The van der Waals surface area contributed by atoms with Crippen LogP contribution in [-0.4, -0.2) is 28.3 Å². The van der Waals surface area contributed by atoms with E-state index in [4.69, 9.17) is 23.2 Å². The van der Waals surface area contributed by atoms with Crippen molar-refractivity contribution in [3.8, 4) is 0 Å². The molecule has 0 aliphatic rings. The standard InChI is InChI=1S/C23H28Cl2N2O2/c1-5-20(22(29)26-23(2,3)4)27(15-17-8-12-19(25)13-9-17)21(28)14-16-6-10-18(24)11-7-16/h6-13,20H,5,14-15H2,1-4H3,(H,26,29)/t20-/m0/s1. The Morgan fingerprint density at radius 1 is 0.931 bits per heavy atom. The summed E-state index contributed by atoms with van der Waals surface area (Å²) in [6, 6.07) is 13.9. The topological polar surface area (TPSA) is 49.4 Å². The monoisotopic (exact) mass is 434 g/mol. The number of carbonyl (C=O) groups is 2. The number of hydrogen-bond donors (Lipinski definition) is 1. The van der Waals surface area contributed by atoms with Crippen molar-refractivity contribution in [2.24, 2.45) is 0 Å². The van der Waals surface area contributed by atoms with Crippen LogP contribution in [0.1, 0.15) is 45.2 Å². The predicted molar refractivity (Wildman–Crippen MR) is 119 cm³/mol. The zero-order chi connectivity index (χ0) is 21.6. The maximum atomic E-state index is 13.2. The molecule has 156 valence electrons. The lowest BCUT2D eigenvalue weighted by Gasteiger charge is -2.33. The summed E-state index contributed by atoms with van der Waals surface area (Å²) in [5, 5.41) is 4.25. The van der Waals surface area contributed by atoms with Crippen LogP contribution in [0.2, 0.25) is 10.0 Å². The maximum absolute atomic E-state index is 13.2. The number of hydrogen-bond acceptors (Lipinski definition) is 2. The molecular formula is C23H28Cl2N2O2. The van der Waals surface area contributed by atoms with E-state index in [1.165, 1.54) is 0 Å². The van der Waals surface area contributed by atoms with E-state index in [-0.39, 0.29) is 23.8 Å². The molecule has 0 saturated carbocycles. The van der Waals surface area contributed by atoms with Gasteiger partial charge in [0.05, 0.1) is 6.42 Å². The quantitative estimate of drug-likeness (QED) is 0.645. The normalized spacial score (nSPS) is 12.3. The number of benzene rings is 2. The predicted octanol–water partition coefficient (Wildman–Crippen LogP) is 5.26. The highest BCUT2D eigenvalue weighted by Crippen LogP contribution is 2.18. The van der Waals surface area contributed by atoms with Crippen LogP contribution in [0.4, 0.5) is 0 Å². The van der Waals surface area contributed by atoms with E-state index < -0.39 is 6.04 Å². The van der Waals surface area contributed by atoms with E-state index in [0.29, 0.717) is 23.0 Å². The van der Waals surface area contributed by atoms with E-state index >= 15 is 0 Å². The number of halogens is 2. The molecule has 0 aliphatic carbocycles. The molecule has 0 unspecified atom stereocenters. The average molecular weight is 435 g/mol. The number of nitrogens with one attached hydrogen (secondary N) is 1. The minimum atomic E-state index is -0.565. The fourth-order valence-corrected chi connectivity index (χ4v) is 3.29. The first-order valence-electron chi connectivity index (χ1n) is 9.69. The molecule has 1 N–H and O–H groups in total. The van der Waals surface area contributed by atoms with Crippen LogP contribution in [-0.2, 0) is 22.6 Å². The fourth-order valence-electron chi connectivity index (χ4n) is 3.04. The van der Waals surface area contributed by atoms with Crippen LogP contribution >= 0.6 is 23.2 Å². The van der Waals surface area contributed by atoms with E-state index in [0.717, 1.165) is 11.1 Å². The lowest BCUT2D eigenvalue weighted by atomic mass is 10.0. The highest BCUT2D eigenvalue weighted by molar-refractivity contribution is 6.30. The van der Waals surface area contributed by atoms with Gasteiger partial charge in [-0.2, -0.15) is 0 Å². The first kappa shape index (κ1) is 23.2. The molecule has 0 saturated heterocycles. The van der Waals surface area contributed by atoms with Gasteiger partial charge in [-0.15, -0.1) is 0 Å². The summed E-state index contributed by atoms with van der Waals surface area (Å²) >= 11 is 11.9. The summed E-state index contributed by atoms with van der Waals surface area (Å²) in [4.78, 5) is 27.8. The van der Waals surface area contributed by atoms with Crippen molar-refractivity contribution in [1.82, 2.24) is 10.2 Å². The largest absolute Gasteiger partial charge is 0.350 e. The van der Waals surface area contributed by atoms with Crippen molar-refractivity contribution < 1.29 is 9.59 Å². The van der Waals surface area contributed by atoms with Gasteiger partial charge in [0.15, 0.2) is 0 Å². The second-order valence-corrected chi connectivity index (χ2v) is 8.99. The van der Waals surface area contributed by atoms with Gasteiger partial charge in [-0.25, -0.2) is 0 Å². The SMILES string of the molecule is CC[C@@H](C(=O)NC(C)(C)C)N(Cc1ccc(Cl)cc1)C(=O)Cc1ccc(Cl)cc1. The molecule has 6 heteroatoms. The summed E-state index contributed by atoms with van der Waals surface area (Å²) in [7, 11) is 0. The smallest absolute Gasteiger partial charge is 0.243 e. The van der Waals surface area contributed by atoms with Crippen LogP contribution in [0.5, 0.6) is 0 Å². The third kappa shape index (κ3) is 7.37. The Labute approximate surface area is 183 Å². The van der Waals surface area contributed by atoms with Crippen LogP contribution in [0, 0.1) is 0 Å². The average Bonchev–Trinajstić information content (AvgIpc) is 2.63. The molecule has 0 fully saturated rings. The van der Waals surface area contributed by atoms with E-state index in [1.54, 1.807) is 29.2 Å². The molecule has 4 nitrogen and oxygen atoms in total.